The maximum absolute atomic E-state index is 14.2. The van der Waals surface area contributed by atoms with Gasteiger partial charge in [-0.15, -0.1) is 0 Å². The number of carbonyl (C=O) groups is 2. The standard InChI is InChI=1S/C26H33ClFN3O4/c1-3-11-31(20-9-12-35-13-10-20)24-8-5-18(17(4-2)15-25(32)33)14-23(24)30-26(34)29-22-7-6-19(27)16-21(22)28/h5-8,14,16-17,20H,3-4,9-13,15H2,1-2H3,(H,32,33)(H2,29,30,34)/t17-/m1/s1. The number of aliphatic carboxylic acids is 1. The van der Waals surface area contributed by atoms with E-state index in [0.29, 0.717) is 25.3 Å². The monoisotopic (exact) mass is 505 g/mol. The van der Waals surface area contributed by atoms with E-state index in [2.05, 4.69) is 22.5 Å². The highest BCUT2D eigenvalue weighted by atomic mass is 35.5. The van der Waals surface area contributed by atoms with E-state index in [4.69, 9.17) is 16.3 Å². The number of hydrogen-bond acceptors (Lipinski definition) is 4. The van der Waals surface area contributed by atoms with Gasteiger partial charge in [0, 0.05) is 30.8 Å². The van der Waals surface area contributed by atoms with Gasteiger partial charge in [-0.05, 0) is 67.5 Å². The molecule has 1 aliphatic rings. The second-order valence-electron chi connectivity index (χ2n) is 8.72. The molecule has 0 saturated carbocycles. The second-order valence-corrected chi connectivity index (χ2v) is 9.16. The van der Waals surface area contributed by atoms with Crippen molar-refractivity contribution in [3.05, 3.63) is 52.8 Å². The van der Waals surface area contributed by atoms with Crippen molar-refractivity contribution >= 4 is 40.7 Å². The molecule has 1 heterocycles. The summed E-state index contributed by atoms with van der Waals surface area (Å²) in [5.41, 5.74) is 2.24. The fourth-order valence-electron chi connectivity index (χ4n) is 4.47. The maximum atomic E-state index is 14.2. The highest BCUT2D eigenvalue weighted by molar-refractivity contribution is 6.30. The van der Waals surface area contributed by atoms with Crippen LogP contribution in [-0.4, -0.2) is 42.9 Å². The molecule has 2 aromatic carbocycles. The molecule has 2 amide bonds. The molecule has 1 fully saturated rings. The van der Waals surface area contributed by atoms with Gasteiger partial charge in [-0.3, -0.25) is 4.79 Å². The van der Waals surface area contributed by atoms with Gasteiger partial charge in [0.05, 0.1) is 23.5 Å². The van der Waals surface area contributed by atoms with Gasteiger partial charge in [0.15, 0.2) is 0 Å². The molecule has 1 atom stereocenters. The van der Waals surface area contributed by atoms with Crippen LogP contribution < -0.4 is 15.5 Å². The number of anilines is 3. The van der Waals surface area contributed by atoms with Crippen molar-refractivity contribution < 1.29 is 23.8 Å². The number of halogens is 2. The lowest BCUT2D eigenvalue weighted by Gasteiger charge is -2.37. The van der Waals surface area contributed by atoms with E-state index in [1.54, 1.807) is 0 Å². The fourth-order valence-corrected chi connectivity index (χ4v) is 4.63. The molecule has 0 aliphatic carbocycles. The Kier molecular flexibility index (Phi) is 9.74. The molecule has 190 valence electrons. The van der Waals surface area contributed by atoms with Crippen LogP contribution in [0.1, 0.15) is 57.4 Å². The number of urea groups is 1. The minimum Gasteiger partial charge on any atom is -0.481 e. The van der Waals surface area contributed by atoms with E-state index in [1.807, 2.05) is 25.1 Å². The van der Waals surface area contributed by atoms with Crippen LogP contribution >= 0.6 is 11.6 Å². The number of benzene rings is 2. The van der Waals surface area contributed by atoms with E-state index in [-0.39, 0.29) is 29.1 Å². The average molecular weight is 506 g/mol. The summed E-state index contributed by atoms with van der Waals surface area (Å²) in [7, 11) is 0. The number of rotatable bonds is 10. The van der Waals surface area contributed by atoms with Gasteiger partial charge in [0.2, 0.25) is 0 Å². The number of carboxylic acid groups (broad SMARTS) is 1. The summed E-state index contributed by atoms with van der Waals surface area (Å²) in [6, 6.07) is 9.42. The van der Waals surface area contributed by atoms with Crippen LogP contribution in [0.5, 0.6) is 0 Å². The Morgan fingerprint density at radius 3 is 2.49 bits per heavy atom. The third-order valence-electron chi connectivity index (χ3n) is 6.24. The minimum atomic E-state index is -0.874. The molecule has 3 rings (SSSR count). The largest absolute Gasteiger partial charge is 0.481 e. The number of nitrogens with zero attached hydrogens (tertiary/aromatic N) is 1. The van der Waals surface area contributed by atoms with Crippen LogP contribution in [0.2, 0.25) is 5.02 Å². The number of carboxylic acids is 1. The van der Waals surface area contributed by atoms with Crippen LogP contribution in [0.15, 0.2) is 36.4 Å². The molecule has 1 aliphatic heterocycles. The normalized spacial score (nSPS) is 14.9. The van der Waals surface area contributed by atoms with Crippen molar-refractivity contribution in [2.24, 2.45) is 0 Å². The molecule has 0 radical (unpaired) electrons. The van der Waals surface area contributed by atoms with Crippen molar-refractivity contribution in [2.75, 3.05) is 35.3 Å². The predicted molar refractivity (Wildman–Crippen MR) is 137 cm³/mol. The van der Waals surface area contributed by atoms with E-state index >= 15 is 0 Å². The Morgan fingerprint density at radius 2 is 1.86 bits per heavy atom. The molecule has 0 aromatic heterocycles. The summed E-state index contributed by atoms with van der Waals surface area (Å²) in [6.45, 7) is 6.19. The molecule has 0 spiro atoms. The fraction of sp³-hybridized carbons (Fsp3) is 0.462. The summed E-state index contributed by atoms with van der Waals surface area (Å²) < 4.78 is 19.8. The molecule has 0 bridgehead atoms. The first-order chi connectivity index (χ1) is 16.8. The van der Waals surface area contributed by atoms with Gasteiger partial charge < -0.3 is 25.4 Å². The molecular formula is C26H33ClFN3O4. The zero-order chi connectivity index (χ0) is 25.4. The van der Waals surface area contributed by atoms with Crippen LogP contribution in [0.3, 0.4) is 0 Å². The molecule has 9 heteroatoms. The van der Waals surface area contributed by atoms with E-state index in [9.17, 15) is 19.1 Å². The summed E-state index contributed by atoms with van der Waals surface area (Å²) >= 11 is 5.81. The highest BCUT2D eigenvalue weighted by Gasteiger charge is 2.25. The van der Waals surface area contributed by atoms with Crippen LogP contribution in [0.25, 0.3) is 0 Å². The maximum Gasteiger partial charge on any atom is 0.323 e. The van der Waals surface area contributed by atoms with Crippen molar-refractivity contribution in [1.29, 1.82) is 0 Å². The molecule has 1 saturated heterocycles. The molecule has 35 heavy (non-hydrogen) atoms. The number of carbonyl (C=O) groups excluding carboxylic acids is 1. The van der Waals surface area contributed by atoms with Crippen LogP contribution in [0, 0.1) is 5.82 Å². The second kappa shape index (κ2) is 12.7. The summed E-state index contributed by atoms with van der Waals surface area (Å²) in [6.07, 6.45) is 3.30. The van der Waals surface area contributed by atoms with Crippen LogP contribution in [0.4, 0.5) is 26.2 Å². The Bertz CT molecular complexity index is 1030. The Hall–Kier alpha value is -2.84. The topological polar surface area (TPSA) is 90.9 Å². The summed E-state index contributed by atoms with van der Waals surface area (Å²) in [5.74, 6) is -1.70. The van der Waals surface area contributed by atoms with Crippen molar-refractivity contribution in [3.63, 3.8) is 0 Å². The quantitative estimate of drug-likeness (QED) is 0.343. The smallest absolute Gasteiger partial charge is 0.323 e. The molecule has 0 unspecified atom stereocenters. The zero-order valence-electron chi connectivity index (χ0n) is 20.2. The van der Waals surface area contributed by atoms with Gasteiger partial charge in [0.25, 0.3) is 0 Å². The van der Waals surface area contributed by atoms with Gasteiger partial charge in [-0.25, -0.2) is 9.18 Å². The zero-order valence-corrected chi connectivity index (χ0v) is 20.9. The molecule has 7 nitrogen and oxygen atoms in total. The third-order valence-corrected chi connectivity index (χ3v) is 6.47. The average Bonchev–Trinajstić information content (AvgIpc) is 2.83. The van der Waals surface area contributed by atoms with E-state index < -0.39 is 17.8 Å². The molecule has 3 N–H and O–H groups in total. The minimum absolute atomic E-state index is 0.00386. The van der Waals surface area contributed by atoms with Crippen molar-refractivity contribution in [3.8, 4) is 0 Å². The third kappa shape index (κ3) is 7.32. The summed E-state index contributed by atoms with van der Waals surface area (Å²) in [5, 5.41) is 15.0. The first kappa shape index (κ1) is 26.8. The number of ether oxygens (including phenoxy) is 1. The van der Waals surface area contributed by atoms with Crippen molar-refractivity contribution in [2.45, 2.75) is 57.9 Å². The van der Waals surface area contributed by atoms with Gasteiger partial charge >= 0.3 is 12.0 Å². The summed E-state index contributed by atoms with van der Waals surface area (Å²) in [4.78, 5) is 26.6. The SMILES string of the molecule is CCCN(c1ccc([C@H](CC)CC(=O)O)cc1NC(=O)Nc1ccc(Cl)cc1F)C1CCOCC1. The van der Waals surface area contributed by atoms with E-state index in [0.717, 1.165) is 43.1 Å². The highest BCUT2D eigenvalue weighted by Crippen LogP contribution is 2.35. The van der Waals surface area contributed by atoms with E-state index in [1.165, 1.54) is 12.1 Å². The lowest BCUT2D eigenvalue weighted by Crippen LogP contribution is -2.40. The van der Waals surface area contributed by atoms with Crippen LogP contribution in [-0.2, 0) is 9.53 Å². The predicted octanol–water partition coefficient (Wildman–Crippen LogP) is 6.49. The van der Waals surface area contributed by atoms with Crippen molar-refractivity contribution in [1.82, 2.24) is 0 Å². The Labute approximate surface area is 210 Å². The Morgan fingerprint density at radius 1 is 1.14 bits per heavy atom. The van der Waals surface area contributed by atoms with Gasteiger partial charge in [-0.2, -0.15) is 0 Å². The Balaban J connectivity index is 1.95. The lowest BCUT2D eigenvalue weighted by molar-refractivity contribution is -0.137. The molecule has 2 aromatic rings. The molecular weight excluding hydrogens is 473 g/mol. The number of hydrogen-bond donors (Lipinski definition) is 3. The number of amides is 2. The lowest BCUT2D eigenvalue weighted by atomic mass is 9.92. The number of nitrogens with one attached hydrogen (secondary N) is 2. The first-order valence-electron chi connectivity index (χ1n) is 12.1. The van der Waals surface area contributed by atoms with Gasteiger partial charge in [-0.1, -0.05) is 31.5 Å². The van der Waals surface area contributed by atoms with Gasteiger partial charge in [0.1, 0.15) is 5.82 Å². The first-order valence-corrected chi connectivity index (χ1v) is 12.4.